The SMILES string of the molecule is Cc1cc(N2CCN(C)CC2)ccc1NC(=O)CCc1ccsc1. The van der Waals surface area contributed by atoms with Crippen LogP contribution in [0.5, 0.6) is 0 Å². The molecule has 24 heavy (non-hydrogen) atoms. The van der Waals surface area contributed by atoms with E-state index in [0.29, 0.717) is 6.42 Å². The van der Waals surface area contributed by atoms with Gasteiger partial charge in [0, 0.05) is 44.0 Å². The average molecular weight is 343 g/mol. The lowest BCUT2D eigenvalue weighted by Crippen LogP contribution is -2.44. The first-order valence-electron chi connectivity index (χ1n) is 8.47. The van der Waals surface area contributed by atoms with E-state index in [1.165, 1.54) is 11.3 Å². The molecule has 0 radical (unpaired) electrons. The maximum absolute atomic E-state index is 12.2. The first-order valence-corrected chi connectivity index (χ1v) is 9.41. The maximum Gasteiger partial charge on any atom is 0.224 e. The van der Waals surface area contributed by atoms with Crippen molar-refractivity contribution in [1.82, 2.24) is 4.90 Å². The van der Waals surface area contributed by atoms with Crippen molar-refractivity contribution in [2.24, 2.45) is 0 Å². The molecule has 0 unspecified atom stereocenters. The smallest absolute Gasteiger partial charge is 0.224 e. The number of amides is 1. The van der Waals surface area contributed by atoms with Crippen LogP contribution < -0.4 is 10.2 Å². The predicted molar refractivity (Wildman–Crippen MR) is 102 cm³/mol. The second-order valence-corrected chi connectivity index (χ2v) is 7.25. The standard InChI is InChI=1S/C19H25N3OS/c1-15-13-17(22-10-8-21(2)9-11-22)4-5-18(15)20-19(23)6-3-16-7-12-24-14-16/h4-5,7,12-14H,3,6,8-11H2,1-2H3,(H,20,23). The van der Waals surface area contributed by atoms with Crippen LogP contribution in [0.25, 0.3) is 0 Å². The number of benzene rings is 1. The molecule has 1 N–H and O–H groups in total. The van der Waals surface area contributed by atoms with Gasteiger partial charge in [0.1, 0.15) is 0 Å². The molecule has 5 heteroatoms. The number of aryl methyl sites for hydroxylation is 2. The zero-order valence-electron chi connectivity index (χ0n) is 14.4. The minimum Gasteiger partial charge on any atom is -0.369 e. The fraction of sp³-hybridized carbons (Fsp3) is 0.421. The van der Waals surface area contributed by atoms with Gasteiger partial charge in [-0.15, -0.1) is 0 Å². The minimum atomic E-state index is 0.0802. The van der Waals surface area contributed by atoms with Crippen molar-refractivity contribution < 1.29 is 4.79 Å². The molecule has 0 aliphatic carbocycles. The van der Waals surface area contributed by atoms with Gasteiger partial charge in [0.15, 0.2) is 0 Å². The lowest BCUT2D eigenvalue weighted by atomic mass is 10.1. The summed E-state index contributed by atoms with van der Waals surface area (Å²) in [5.41, 5.74) is 4.52. The highest BCUT2D eigenvalue weighted by molar-refractivity contribution is 7.07. The van der Waals surface area contributed by atoms with Crippen LogP contribution in [0.3, 0.4) is 0 Å². The molecule has 0 bridgehead atoms. The number of carbonyl (C=O) groups excluding carboxylic acids is 1. The van der Waals surface area contributed by atoms with Gasteiger partial charge in [0.25, 0.3) is 0 Å². The lowest BCUT2D eigenvalue weighted by Gasteiger charge is -2.34. The van der Waals surface area contributed by atoms with Crippen molar-refractivity contribution in [3.8, 4) is 0 Å². The number of carbonyl (C=O) groups is 1. The number of anilines is 2. The highest BCUT2D eigenvalue weighted by Crippen LogP contribution is 2.24. The monoisotopic (exact) mass is 343 g/mol. The van der Waals surface area contributed by atoms with Crippen molar-refractivity contribution in [1.29, 1.82) is 0 Å². The van der Waals surface area contributed by atoms with Crippen LogP contribution in [0.15, 0.2) is 35.0 Å². The Labute approximate surface area is 148 Å². The van der Waals surface area contributed by atoms with Gasteiger partial charge in [0.2, 0.25) is 5.91 Å². The highest BCUT2D eigenvalue weighted by atomic mass is 32.1. The molecule has 3 rings (SSSR count). The van der Waals surface area contributed by atoms with Crippen LogP contribution in [-0.4, -0.2) is 44.0 Å². The summed E-state index contributed by atoms with van der Waals surface area (Å²) < 4.78 is 0. The van der Waals surface area contributed by atoms with Crippen LogP contribution in [0.2, 0.25) is 0 Å². The number of piperazine rings is 1. The fourth-order valence-electron chi connectivity index (χ4n) is 2.95. The van der Waals surface area contributed by atoms with Crippen LogP contribution in [0, 0.1) is 6.92 Å². The van der Waals surface area contributed by atoms with Gasteiger partial charge in [-0.05, 0) is 66.5 Å². The number of nitrogens with zero attached hydrogens (tertiary/aromatic N) is 2. The summed E-state index contributed by atoms with van der Waals surface area (Å²) in [6.07, 6.45) is 1.32. The fourth-order valence-corrected chi connectivity index (χ4v) is 3.66. The Morgan fingerprint density at radius 2 is 2.00 bits per heavy atom. The van der Waals surface area contributed by atoms with Crippen LogP contribution >= 0.6 is 11.3 Å². The van der Waals surface area contributed by atoms with E-state index >= 15 is 0 Å². The zero-order valence-corrected chi connectivity index (χ0v) is 15.2. The topological polar surface area (TPSA) is 35.6 Å². The molecule has 1 aromatic carbocycles. The van der Waals surface area contributed by atoms with Gasteiger partial charge in [-0.25, -0.2) is 0 Å². The summed E-state index contributed by atoms with van der Waals surface area (Å²) >= 11 is 1.67. The molecular formula is C19H25N3OS. The summed E-state index contributed by atoms with van der Waals surface area (Å²) in [5.74, 6) is 0.0802. The quantitative estimate of drug-likeness (QED) is 0.904. The Hall–Kier alpha value is -1.85. The molecule has 1 aromatic heterocycles. The number of hydrogen-bond acceptors (Lipinski definition) is 4. The lowest BCUT2D eigenvalue weighted by molar-refractivity contribution is -0.116. The van der Waals surface area contributed by atoms with Gasteiger partial charge in [-0.1, -0.05) is 0 Å². The van der Waals surface area contributed by atoms with Crippen molar-refractivity contribution in [3.63, 3.8) is 0 Å². The van der Waals surface area contributed by atoms with E-state index in [0.717, 1.165) is 43.9 Å². The van der Waals surface area contributed by atoms with E-state index in [-0.39, 0.29) is 5.91 Å². The van der Waals surface area contributed by atoms with Gasteiger partial charge in [-0.2, -0.15) is 11.3 Å². The number of rotatable bonds is 5. The van der Waals surface area contributed by atoms with Gasteiger partial charge >= 0.3 is 0 Å². The third-order valence-corrected chi connectivity index (χ3v) is 5.31. The minimum absolute atomic E-state index is 0.0802. The second kappa shape index (κ2) is 7.81. The molecule has 1 aliphatic rings. The van der Waals surface area contributed by atoms with Crippen LogP contribution in [-0.2, 0) is 11.2 Å². The molecule has 1 fully saturated rings. The number of thiophene rings is 1. The summed E-state index contributed by atoms with van der Waals surface area (Å²) in [7, 11) is 2.16. The van der Waals surface area contributed by atoms with Crippen LogP contribution in [0.4, 0.5) is 11.4 Å². The maximum atomic E-state index is 12.2. The van der Waals surface area contributed by atoms with Gasteiger partial charge in [0.05, 0.1) is 0 Å². The summed E-state index contributed by atoms with van der Waals surface area (Å²) in [6.45, 7) is 6.37. The van der Waals surface area contributed by atoms with Crippen LogP contribution in [0.1, 0.15) is 17.5 Å². The first kappa shape index (κ1) is 17.0. The zero-order chi connectivity index (χ0) is 16.9. The molecule has 2 aromatic rings. The summed E-state index contributed by atoms with van der Waals surface area (Å²) in [6, 6.07) is 8.41. The average Bonchev–Trinajstić information content (AvgIpc) is 3.09. The third kappa shape index (κ3) is 4.36. The molecule has 4 nitrogen and oxygen atoms in total. The van der Waals surface area contributed by atoms with E-state index in [4.69, 9.17) is 0 Å². The molecule has 0 atom stereocenters. The van der Waals surface area contributed by atoms with Gasteiger partial charge < -0.3 is 15.1 Å². The molecular weight excluding hydrogens is 318 g/mol. The molecule has 2 heterocycles. The molecule has 1 amide bonds. The molecule has 0 saturated carbocycles. The highest BCUT2D eigenvalue weighted by Gasteiger charge is 2.15. The molecule has 128 valence electrons. The third-order valence-electron chi connectivity index (χ3n) is 4.57. The summed E-state index contributed by atoms with van der Waals surface area (Å²) in [4.78, 5) is 16.9. The van der Waals surface area contributed by atoms with E-state index < -0.39 is 0 Å². The van der Waals surface area contributed by atoms with Crippen molar-refractivity contribution in [2.45, 2.75) is 19.8 Å². The van der Waals surface area contributed by atoms with E-state index in [1.54, 1.807) is 11.3 Å². The summed E-state index contributed by atoms with van der Waals surface area (Å²) in [5, 5.41) is 7.20. The van der Waals surface area contributed by atoms with E-state index in [1.807, 2.05) is 6.07 Å². The van der Waals surface area contributed by atoms with Crippen molar-refractivity contribution >= 4 is 28.6 Å². The number of hydrogen-bond donors (Lipinski definition) is 1. The van der Waals surface area contributed by atoms with E-state index in [2.05, 4.69) is 58.0 Å². The van der Waals surface area contributed by atoms with Crippen molar-refractivity contribution in [2.75, 3.05) is 43.4 Å². The Bertz CT molecular complexity index is 676. The number of nitrogens with one attached hydrogen (secondary N) is 1. The normalized spacial score (nSPS) is 15.5. The largest absolute Gasteiger partial charge is 0.369 e. The molecule has 1 aliphatic heterocycles. The predicted octanol–water partition coefficient (Wildman–Crippen LogP) is 3.38. The first-order chi connectivity index (χ1) is 11.6. The van der Waals surface area contributed by atoms with Crippen molar-refractivity contribution in [3.05, 3.63) is 46.2 Å². The number of likely N-dealkylation sites (N-methyl/N-ethyl adjacent to an activating group) is 1. The Balaban J connectivity index is 1.57. The Morgan fingerprint density at radius 1 is 1.21 bits per heavy atom. The Kier molecular flexibility index (Phi) is 5.53. The Morgan fingerprint density at radius 3 is 2.67 bits per heavy atom. The molecule has 1 saturated heterocycles. The van der Waals surface area contributed by atoms with Gasteiger partial charge in [-0.3, -0.25) is 4.79 Å². The van der Waals surface area contributed by atoms with E-state index in [9.17, 15) is 4.79 Å². The molecule has 0 spiro atoms. The second-order valence-electron chi connectivity index (χ2n) is 6.47.